The standard InChI is InChI=1S/C27H36N2O2/c1-21-25-20-24(31)14-15-26(25)29(27(21)22-10-12-23(30)13-11-22)19-7-5-3-2-4-6-16-28-17-8-9-18-28/h10-15,20,30-31H,2-9,16-19H2,1H3. The van der Waals surface area contributed by atoms with Gasteiger partial charge in [-0.3, -0.25) is 0 Å². The first-order valence-corrected chi connectivity index (χ1v) is 12.0. The highest BCUT2D eigenvalue weighted by atomic mass is 16.3. The van der Waals surface area contributed by atoms with Crippen LogP contribution < -0.4 is 0 Å². The number of aromatic nitrogens is 1. The number of likely N-dealkylation sites (tertiary alicyclic amines) is 1. The summed E-state index contributed by atoms with van der Waals surface area (Å²) in [6.45, 7) is 7.01. The molecular formula is C27H36N2O2. The molecule has 2 N–H and O–H groups in total. The lowest BCUT2D eigenvalue weighted by atomic mass is 10.1. The topological polar surface area (TPSA) is 48.6 Å². The molecule has 1 fully saturated rings. The van der Waals surface area contributed by atoms with Gasteiger partial charge in [0.25, 0.3) is 0 Å². The molecule has 0 atom stereocenters. The molecule has 0 spiro atoms. The molecule has 4 heteroatoms. The van der Waals surface area contributed by atoms with Gasteiger partial charge in [-0.25, -0.2) is 0 Å². The van der Waals surface area contributed by atoms with E-state index in [9.17, 15) is 10.2 Å². The maximum Gasteiger partial charge on any atom is 0.116 e. The second-order valence-corrected chi connectivity index (χ2v) is 9.04. The van der Waals surface area contributed by atoms with Crippen molar-refractivity contribution in [2.45, 2.75) is 64.8 Å². The molecule has 166 valence electrons. The average molecular weight is 421 g/mol. The van der Waals surface area contributed by atoms with Crippen LogP contribution in [0.1, 0.15) is 56.9 Å². The second kappa shape index (κ2) is 10.2. The van der Waals surface area contributed by atoms with Crippen molar-refractivity contribution < 1.29 is 10.2 Å². The van der Waals surface area contributed by atoms with Crippen LogP contribution in [0.2, 0.25) is 0 Å². The monoisotopic (exact) mass is 420 g/mol. The van der Waals surface area contributed by atoms with Crippen molar-refractivity contribution in [3.63, 3.8) is 0 Å². The van der Waals surface area contributed by atoms with E-state index in [0.29, 0.717) is 5.75 Å². The molecule has 1 saturated heterocycles. The number of nitrogens with zero attached hydrogens (tertiary/aromatic N) is 2. The largest absolute Gasteiger partial charge is 0.508 e. The number of phenolic OH excluding ortho intramolecular Hbond substituents is 2. The van der Waals surface area contributed by atoms with Gasteiger partial charge in [-0.2, -0.15) is 0 Å². The van der Waals surface area contributed by atoms with Crippen LogP contribution in [0.4, 0.5) is 0 Å². The highest BCUT2D eigenvalue weighted by molar-refractivity contribution is 5.92. The molecule has 0 saturated carbocycles. The molecular weight excluding hydrogens is 384 g/mol. The van der Waals surface area contributed by atoms with Crippen molar-refractivity contribution in [2.24, 2.45) is 0 Å². The molecule has 1 aliphatic rings. The van der Waals surface area contributed by atoms with Crippen LogP contribution in [0.3, 0.4) is 0 Å². The van der Waals surface area contributed by atoms with E-state index in [1.807, 2.05) is 24.3 Å². The molecule has 1 aromatic heterocycles. The Hall–Kier alpha value is -2.46. The summed E-state index contributed by atoms with van der Waals surface area (Å²) in [4.78, 5) is 2.61. The van der Waals surface area contributed by atoms with Gasteiger partial charge in [0, 0.05) is 17.4 Å². The zero-order valence-electron chi connectivity index (χ0n) is 18.8. The van der Waals surface area contributed by atoms with Crippen molar-refractivity contribution in [2.75, 3.05) is 19.6 Å². The lowest BCUT2D eigenvalue weighted by Crippen LogP contribution is -2.20. The van der Waals surface area contributed by atoms with E-state index in [-0.39, 0.29) is 5.75 Å². The molecule has 4 nitrogen and oxygen atoms in total. The SMILES string of the molecule is Cc1c(-c2ccc(O)cc2)n(CCCCCCCCN2CCCC2)c2ccc(O)cc12. The molecule has 0 unspecified atom stereocenters. The first-order valence-electron chi connectivity index (χ1n) is 12.0. The highest BCUT2D eigenvalue weighted by Gasteiger charge is 2.16. The smallest absolute Gasteiger partial charge is 0.116 e. The van der Waals surface area contributed by atoms with E-state index in [1.54, 1.807) is 18.2 Å². The fourth-order valence-electron chi connectivity index (χ4n) is 5.05. The molecule has 0 aliphatic carbocycles. The number of rotatable bonds is 10. The minimum Gasteiger partial charge on any atom is -0.508 e. The molecule has 4 rings (SSSR count). The maximum absolute atomic E-state index is 10.0. The van der Waals surface area contributed by atoms with Crippen LogP contribution in [0.25, 0.3) is 22.2 Å². The number of fused-ring (bicyclic) bond motifs is 1. The molecule has 0 bridgehead atoms. The van der Waals surface area contributed by atoms with Crippen LogP contribution in [0, 0.1) is 6.92 Å². The van der Waals surface area contributed by atoms with Crippen molar-refractivity contribution in [3.8, 4) is 22.8 Å². The highest BCUT2D eigenvalue weighted by Crippen LogP contribution is 2.36. The summed E-state index contributed by atoms with van der Waals surface area (Å²) >= 11 is 0. The molecule has 1 aliphatic heterocycles. The molecule has 2 heterocycles. The molecule has 0 radical (unpaired) electrons. The summed E-state index contributed by atoms with van der Waals surface area (Å²) in [6, 6.07) is 13.1. The second-order valence-electron chi connectivity index (χ2n) is 9.04. The first-order chi connectivity index (χ1) is 15.1. The minimum atomic E-state index is 0.284. The van der Waals surface area contributed by atoms with Gasteiger partial charge >= 0.3 is 0 Å². The first kappa shape index (κ1) is 21.8. The predicted molar refractivity (Wildman–Crippen MR) is 129 cm³/mol. The van der Waals surface area contributed by atoms with Gasteiger partial charge in [0.1, 0.15) is 11.5 Å². The number of unbranched alkanes of at least 4 members (excludes halogenated alkanes) is 5. The number of hydrogen-bond donors (Lipinski definition) is 2. The van der Waals surface area contributed by atoms with Gasteiger partial charge in [-0.15, -0.1) is 0 Å². The number of benzene rings is 2. The van der Waals surface area contributed by atoms with Crippen molar-refractivity contribution >= 4 is 10.9 Å². The van der Waals surface area contributed by atoms with Crippen LogP contribution in [0.5, 0.6) is 11.5 Å². The lowest BCUT2D eigenvalue weighted by Gasteiger charge is -2.14. The number of phenols is 2. The molecule has 3 aromatic rings. The van der Waals surface area contributed by atoms with E-state index >= 15 is 0 Å². The summed E-state index contributed by atoms with van der Waals surface area (Å²) in [5.74, 6) is 0.588. The Balaban J connectivity index is 1.37. The number of aryl methyl sites for hydroxylation is 2. The number of aromatic hydroxyl groups is 2. The van der Waals surface area contributed by atoms with E-state index in [2.05, 4.69) is 16.4 Å². The van der Waals surface area contributed by atoms with Crippen molar-refractivity contribution in [1.82, 2.24) is 9.47 Å². The minimum absolute atomic E-state index is 0.284. The summed E-state index contributed by atoms with van der Waals surface area (Å²) in [6.07, 6.45) is 10.5. The van der Waals surface area contributed by atoms with Gasteiger partial charge in [0.2, 0.25) is 0 Å². The molecule has 31 heavy (non-hydrogen) atoms. The Labute approximate surface area is 186 Å². The normalized spacial score (nSPS) is 14.6. The lowest BCUT2D eigenvalue weighted by molar-refractivity contribution is 0.327. The predicted octanol–water partition coefficient (Wildman–Crippen LogP) is 6.46. The van der Waals surface area contributed by atoms with Gasteiger partial charge in [-0.1, -0.05) is 25.7 Å². The van der Waals surface area contributed by atoms with E-state index in [0.717, 1.165) is 23.9 Å². The van der Waals surface area contributed by atoms with E-state index in [1.165, 1.54) is 81.4 Å². The van der Waals surface area contributed by atoms with Gasteiger partial charge < -0.3 is 19.7 Å². The van der Waals surface area contributed by atoms with Crippen molar-refractivity contribution in [1.29, 1.82) is 0 Å². The zero-order chi connectivity index (χ0) is 21.6. The summed E-state index contributed by atoms with van der Waals surface area (Å²) < 4.78 is 2.39. The Morgan fingerprint density at radius 2 is 1.35 bits per heavy atom. The third-order valence-electron chi connectivity index (χ3n) is 6.75. The van der Waals surface area contributed by atoms with Crippen LogP contribution in [-0.2, 0) is 6.54 Å². The Morgan fingerprint density at radius 3 is 2.06 bits per heavy atom. The summed E-state index contributed by atoms with van der Waals surface area (Å²) in [5, 5.41) is 20.8. The Bertz CT molecular complexity index is 985. The van der Waals surface area contributed by atoms with Crippen LogP contribution in [-0.4, -0.2) is 39.3 Å². The third kappa shape index (κ3) is 5.24. The summed E-state index contributed by atoms with van der Waals surface area (Å²) in [7, 11) is 0. The fourth-order valence-corrected chi connectivity index (χ4v) is 5.05. The Morgan fingerprint density at radius 1 is 0.742 bits per heavy atom. The van der Waals surface area contributed by atoms with Crippen LogP contribution in [0.15, 0.2) is 42.5 Å². The quantitative estimate of drug-likeness (QED) is 0.370. The van der Waals surface area contributed by atoms with Gasteiger partial charge in [-0.05, 0) is 106 Å². The van der Waals surface area contributed by atoms with E-state index in [4.69, 9.17) is 0 Å². The average Bonchev–Trinajstić information content (AvgIpc) is 3.37. The summed E-state index contributed by atoms with van der Waals surface area (Å²) in [5.41, 5.74) is 4.64. The van der Waals surface area contributed by atoms with Crippen molar-refractivity contribution in [3.05, 3.63) is 48.0 Å². The number of hydrogen-bond acceptors (Lipinski definition) is 3. The van der Waals surface area contributed by atoms with Gasteiger partial charge in [0.15, 0.2) is 0 Å². The third-order valence-corrected chi connectivity index (χ3v) is 6.75. The Kier molecular flexibility index (Phi) is 7.18. The van der Waals surface area contributed by atoms with Crippen LogP contribution >= 0.6 is 0 Å². The maximum atomic E-state index is 10.0. The zero-order valence-corrected chi connectivity index (χ0v) is 18.8. The molecule has 0 amide bonds. The van der Waals surface area contributed by atoms with Gasteiger partial charge in [0.05, 0.1) is 5.69 Å². The molecule has 2 aromatic carbocycles. The van der Waals surface area contributed by atoms with E-state index < -0.39 is 0 Å². The fraction of sp³-hybridized carbons (Fsp3) is 0.481.